The van der Waals surface area contributed by atoms with Crippen molar-refractivity contribution in [2.75, 3.05) is 5.73 Å². The number of nitrogen functional groups attached to an aromatic ring is 1. The van der Waals surface area contributed by atoms with Crippen molar-refractivity contribution in [1.29, 1.82) is 0 Å². The molecule has 0 unspecified atom stereocenters. The molecule has 0 fully saturated rings. The maximum Gasteiger partial charge on any atom is 0.163 e. The second-order valence-corrected chi connectivity index (χ2v) is 5.04. The molecule has 3 nitrogen and oxygen atoms in total. The van der Waals surface area contributed by atoms with E-state index in [1.54, 1.807) is 12.1 Å². The number of ketones is 1. The molecular formula is C17H19NO2. The largest absolute Gasteiger partial charge is 0.506 e. The second kappa shape index (κ2) is 6.24. The summed E-state index contributed by atoms with van der Waals surface area (Å²) < 4.78 is 0. The summed E-state index contributed by atoms with van der Waals surface area (Å²) in [5.41, 5.74) is 8.80. The Balaban J connectivity index is 1.88. The monoisotopic (exact) mass is 269 g/mol. The summed E-state index contributed by atoms with van der Waals surface area (Å²) in [4.78, 5) is 12.0. The lowest BCUT2D eigenvalue weighted by molar-refractivity contribution is 0.0980. The van der Waals surface area contributed by atoms with Crippen molar-refractivity contribution >= 4 is 11.5 Å². The minimum atomic E-state index is -0.0330. The topological polar surface area (TPSA) is 63.3 Å². The van der Waals surface area contributed by atoms with Gasteiger partial charge in [-0.15, -0.1) is 0 Å². The fraction of sp³-hybridized carbons (Fsp3) is 0.235. The molecule has 0 aliphatic carbocycles. The summed E-state index contributed by atoms with van der Waals surface area (Å²) in [6, 6.07) is 13.0. The molecule has 2 aromatic rings. The molecule has 3 heteroatoms. The van der Waals surface area contributed by atoms with Crippen molar-refractivity contribution in [3.05, 3.63) is 59.2 Å². The number of benzene rings is 2. The Kier molecular flexibility index (Phi) is 4.41. The van der Waals surface area contributed by atoms with E-state index < -0.39 is 0 Å². The first kappa shape index (κ1) is 14.1. The van der Waals surface area contributed by atoms with Gasteiger partial charge in [0.25, 0.3) is 0 Å². The number of rotatable bonds is 5. The number of hydrogen-bond acceptors (Lipinski definition) is 3. The average Bonchev–Trinajstić information content (AvgIpc) is 2.44. The molecule has 0 amide bonds. The van der Waals surface area contributed by atoms with Crippen molar-refractivity contribution < 1.29 is 9.90 Å². The van der Waals surface area contributed by atoms with Gasteiger partial charge in [0.15, 0.2) is 5.78 Å². The third-order valence-corrected chi connectivity index (χ3v) is 3.34. The van der Waals surface area contributed by atoms with Crippen LogP contribution in [0.3, 0.4) is 0 Å². The van der Waals surface area contributed by atoms with E-state index in [0.29, 0.717) is 17.7 Å². The first-order valence-electron chi connectivity index (χ1n) is 6.73. The fourth-order valence-electron chi connectivity index (χ4n) is 2.07. The predicted octanol–water partition coefficient (Wildman–Crippen LogP) is 3.49. The molecule has 0 aliphatic rings. The summed E-state index contributed by atoms with van der Waals surface area (Å²) >= 11 is 0. The van der Waals surface area contributed by atoms with E-state index in [4.69, 9.17) is 5.73 Å². The standard InChI is InChI=1S/C17H19NO2/c1-12-5-7-13(8-6-12)3-2-4-16(19)14-9-10-15(18)17(20)11-14/h5-11,20H,2-4,18H2,1H3. The maximum absolute atomic E-state index is 12.0. The van der Waals surface area contributed by atoms with Crippen molar-refractivity contribution in [2.24, 2.45) is 0 Å². The number of aryl methyl sites for hydroxylation is 2. The molecule has 0 radical (unpaired) electrons. The lowest BCUT2D eigenvalue weighted by atomic mass is 10.0. The minimum absolute atomic E-state index is 0.0330. The van der Waals surface area contributed by atoms with Crippen molar-refractivity contribution in [2.45, 2.75) is 26.2 Å². The van der Waals surface area contributed by atoms with Crippen LogP contribution in [0.25, 0.3) is 0 Å². The van der Waals surface area contributed by atoms with Crippen LogP contribution in [-0.4, -0.2) is 10.9 Å². The van der Waals surface area contributed by atoms with Crippen LogP contribution >= 0.6 is 0 Å². The Labute approximate surface area is 119 Å². The molecule has 0 bridgehead atoms. The number of phenolic OH excluding ortho intramolecular Hbond substituents is 1. The molecule has 104 valence electrons. The lowest BCUT2D eigenvalue weighted by Gasteiger charge is -2.04. The summed E-state index contributed by atoms with van der Waals surface area (Å²) in [5.74, 6) is 0.00166. The van der Waals surface area contributed by atoms with Gasteiger partial charge in [0.2, 0.25) is 0 Å². The maximum atomic E-state index is 12.0. The zero-order valence-corrected chi connectivity index (χ0v) is 11.6. The third-order valence-electron chi connectivity index (χ3n) is 3.34. The van der Waals surface area contributed by atoms with Gasteiger partial charge >= 0.3 is 0 Å². The Bertz CT molecular complexity index is 603. The highest BCUT2D eigenvalue weighted by molar-refractivity contribution is 5.96. The normalized spacial score (nSPS) is 10.4. The number of carbonyl (C=O) groups is 1. The molecule has 0 spiro atoms. The molecule has 0 heterocycles. The van der Waals surface area contributed by atoms with Crippen molar-refractivity contribution in [3.63, 3.8) is 0 Å². The van der Waals surface area contributed by atoms with Gasteiger partial charge in [-0.1, -0.05) is 29.8 Å². The quantitative estimate of drug-likeness (QED) is 0.496. The Hall–Kier alpha value is -2.29. The van der Waals surface area contributed by atoms with E-state index in [0.717, 1.165) is 12.8 Å². The molecule has 2 rings (SSSR count). The van der Waals surface area contributed by atoms with Crippen LogP contribution in [0, 0.1) is 6.92 Å². The molecule has 0 atom stereocenters. The molecular weight excluding hydrogens is 250 g/mol. The van der Waals surface area contributed by atoms with Crippen LogP contribution < -0.4 is 5.73 Å². The van der Waals surface area contributed by atoms with E-state index >= 15 is 0 Å². The molecule has 0 saturated carbocycles. The fourth-order valence-corrected chi connectivity index (χ4v) is 2.07. The van der Waals surface area contributed by atoms with Gasteiger partial charge in [0.05, 0.1) is 5.69 Å². The Morgan fingerprint density at radius 3 is 2.50 bits per heavy atom. The van der Waals surface area contributed by atoms with Crippen LogP contribution in [0.2, 0.25) is 0 Å². The van der Waals surface area contributed by atoms with Gasteiger partial charge in [-0.05, 0) is 43.5 Å². The van der Waals surface area contributed by atoms with E-state index in [-0.39, 0.29) is 11.5 Å². The van der Waals surface area contributed by atoms with E-state index in [2.05, 4.69) is 31.2 Å². The minimum Gasteiger partial charge on any atom is -0.506 e. The summed E-state index contributed by atoms with van der Waals surface area (Å²) in [6.45, 7) is 2.06. The summed E-state index contributed by atoms with van der Waals surface area (Å²) in [5, 5.41) is 9.50. The number of carbonyl (C=O) groups excluding carboxylic acids is 1. The van der Waals surface area contributed by atoms with Crippen LogP contribution in [0.5, 0.6) is 5.75 Å². The highest BCUT2D eigenvalue weighted by Gasteiger charge is 2.08. The Morgan fingerprint density at radius 1 is 1.15 bits per heavy atom. The molecule has 0 aromatic heterocycles. The Morgan fingerprint density at radius 2 is 1.85 bits per heavy atom. The first-order chi connectivity index (χ1) is 9.56. The first-order valence-corrected chi connectivity index (χ1v) is 6.73. The molecule has 2 aromatic carbocycles. The highest BCUT2D eigenvalue weighted by atomic mass is 16.3. The smallest absolute Gasteiger partial charge is 0.163 e. The number of phenols is 1. The molecule has 0 aliphatic heterocycles. The molecule has 20 heavy (non-hydrogen) atoms. The second-order valence-electron chi connectivity index (χ2n) is 5.04. The van der Waals surface area contributed by atoms with Crippen LogP contribution in [0.1, 0.15) is 34.3 Å². The summed E-state index contributed by atoms with van der Waals surface area (Å²) in [7, 11) is 0. The van der Waals surface area contributed by atoms with Gasteiger partial charge in [0.1, 0.15) is 5.75 Å². The predicted molar refractivity (Wildman–Crippen MR) is 81.0 cm³/mol. The average molecular weight is 269 g/mol. The van der Waals surface area contributed by atoms with E-state index in [9.17, 15) is 9.90 Å². The SMILES string of the molecule is Cc1ccc(CCCC(=O)c2ccc(N)c(O)c2)cc1. The van der Waals surface area contributed by atoms with Crippen molar-refractivity contribution in [3.8, 4) is 5.75 Å². The van der Waals surface area contributed by atoms with Gasteiger partial charge < -0.3 is 10.8 Å². The lowest BCUT2D eigenvalue weighted by Crippen LogP contribution is -2.00. The number of hydrogen-bond donors (Lipinski definition) is 2. The zero-order chi connectivity index (χ0) is 14.5. The summed E-state index contributed by atoms with van der Waals surface area (Å²) in [6.07, 6.45) is 2.15. The van der Waals surface area contributed by atoms with Gasteiger partial charge in [-0.2, -0.15) is 0 Å². The number of anilines is 1. The van der Waals surface area contributed by atoms with Crippen LogP contribution in [-0.2, 0) is 6.42 Å². The zero-order valence-electron chi connectivity index (χ0n) is 11.6. The number of aromatic hydroxyl groups is 1. The molecule has 3 N–H and O–H groups in total. The van der Waals surface area contributed by atoms with Gasteiger partial charge in [0, 0.05) is 12.0 Å². The van der Waals surface area contributed by atoms with Crippen LogP contribution in [0.4, 0.5) is 5.69 Å². The number of nitrogens with two attached hydrogens (primary N) is 1. The van der Waals surface area contributed by atoms with E-state index in [1.165, 1.54) is 17.2 Å². The highest BCUT2D eigenvalue weighted by Crippen LogP contribution is 2.22. The van der Waals surface area contributed by atoms with Gasteiger partial charge in [-0.3, -0.25) is 4.79 Å². The molecule has 0 saturated heterocycles. The van der Waals surface area contributed by atoms with Gasteiger partial charge in [-0.25, -0.2) is 0 Å². The van der Waals surface area contributed by atoms with Crippen LogP contribution in [0.15, 0.2) is 42.5 Å². The number of Topliss-reactive ketones (excluding diaryl/α,β-unsaturated/α-hetero) is 1. The third kappa shape index (κ3) is 3.60. The van der Waals surface area contributed by atoms with Crippen molar-refractivity contribution in [1.82, 2.24) is 0 Å². The van der Waals surface area contributed by atoms with E-state index in [1.807, 2.05) is 0 Å².